The lowest BCUT2D eigenvalue weighted by Crippen LogP contribution is -2.15. The number of hydrogen-bond acceptors (Lipinski definition) is 5. The molecule has 0 N–H and O–H groups in total. The summed E-state index contributed by atoms with van der Waals surface area (Å²) in [5.41, 5.74) is 2.60. The number of methoxy groups -OCH3 is 1. The number of aromatic nitrogens is 1. The predicted molar refractivity (Wildman–Crippen MR) is 77.3 cm³/mol. The maximum absolute atomic E-state index is 12.0. The maximum Gasteiger partial charge on any atom is 0.181 e. The molecule has 1 aromatic carbocycles. The fourth-order valence-electron chi connectivity index (χ4n) is 2.70. The van der Waals surface area contributed by atoms with Gasteiger partial charge in [-0.1, -0.05) is 0 Å². The fourth-order valence-corrected chi connectivity index (χ4v) is 2.70. The number of ether oxygens (including phenoxy) is 1. The van der Waals surface area contributed by atoms with Gasteiger partial charge in [-0.15, -0.1) is 0 Å². The summed E-state index contributed by atoms with van der Waals surface area (Å²) in [7, 11) is 3.03. The third kappa shape index (κ3) is 1.91. The monoisotopic (exact) mass is 271 g/mol. The Morgan fingerprint density at radius 2 is 2.15 bits per heavy atom. The summed E-state index contributed by atoms with van der Waals surface area (Å²) >= 11 is 0. The molecule has 0 unspecified atom stereocenters. The Kier molecular flexibility index (Phi) is 3.06. The van der Waals surface area contributed by atoms with E-state index in [-0.39, 0.29) is 5.78 Å². The first-order chi connectivity index (χ1) is 9.61. The highest BCUT2D eigenvalue weighted by molar-refractivity contribution is 6.01. The molecule has 0 saturated carbocycles. The van der Waals surface area contributed by atoms with Crippen LogP contribution in [0.15, 0.2) is 18.2 Å². The molecule has 0 amide bonds. The molecule has 5 nitrogen and oxygen atoms in total. The molecule has 1 aromatic heterocycles. The van der Waals surface area contributed by atoms with Crippen LogP contribution in [0.3, 0.4) is 0 Å². The SMILES string of the molecule is COc1c2c(nc3ccc(N(C)[O-])cc13)C(=O)CCC2. The van der Waals surface area contributed by atoms with E-state index >= 15 is 0 Å². The van der Waals surface area contributed by atoms with E-state index in [9.17, 15) is 10.0 Å². The zero-order valence-electron chi connectivity index (χ0n) is 11.5. The van der Waals surface area contributed by atoms with E-state index < -0.39 is 0 Å². The Balaban J connectivity index is 2.32. The van der Waals surface area contributed by atoms with Gasteiger partial charge in [0.25, 0.3) is 0 Å². The highest BCUT2D eigenvalue weighted by Crippen LogP contribution is 2.36. The molecule has 3 rings (SSSR count). The smallest absolute Gasteiger partial charge is 0.181 e. The number of carbonyl (C=O) groups is 1. The van der Waals surface area contributed by atoms with Crippen molar-refractivity contribution in [2.75, 3.05) is 19.2 Å². The lowest BCUT2D eigenvalue weighted by molar-refractivity contribution is 0.0967. The van der Waals surface area contributed by atoms with Crippen LogP contribution in [-0.2, 0) is 6.42 Å². The third-order valence-corrected chi connectivity index (χ3v) is 3.68. The topological polar surface area (TPSA) is 65.5 Å². The second-order valence-electron chi connectivity index (χ2n) is 4.95. The number of rotatable bonds is 2. The van der Waals surface area contributed by atoms with Crippen molar-refractivity contribution >= 4 is 22.4 Å². The number of benzene rings is 1. The Labute approximate surface area is 116 Å². The van der Waals surface area contributed by atoms with Gasteiger partial charge in [0.2, 0.25) is 0 Å². The van der Waals surface area contributed by atoms with Crippen molar-refractivity contribution in [2.24, 2.45) is 0 Å². The summed E-state index contributed by atoms with van der Waals surface area (Å²) in [4.78, 5) is 16.5. The molecule has 5 heteroatoms. The van der Waals surface area contributed by atoms with Gasteiger partial charge in [0, 0.05) is 23.1 Å². The first kappa shape index (κ1) is 12.9. The Morgan fingerprint density at radius 3 is 2.85 bits per heavy atom. The number of Topliss-reactive ketones (excluding diaryl/α,β-unsaturated/α-hetero) is 1. The predicted octanol–water partition coefficient (Wildman–Crippen LogP) is 2.70. The number of nitrogens with zero attached hydrogens (tertiary/aromatic N) is 2. The van der Waals surface area contributed by atoms with Crippen LogP contribution in [0.25, 0.3) is 10.9 Å². The number of anilines is 1. The van der Waals surface area contributed by atoms with Crippen LogP contribution >= 0.6 is 0 Å². The van der Waals surface area contributed by atoms with Crippen molar-refractivity contribution < 1.29 is 9.53 Å². The normalized spacial score (nSPS) is 14.2. The van der Waals surface area contributed by atoms with E-state index in [1.165, 1.54) is 7.05 Å². The molecule has 20 heavy (non-hydrogen) atoms. The minimum Gasteiger partial charge on any atom is -0.758 e. The summed E-state index contributed by atoms with van der Waals surface area (Å²) in [5, 5.41) is 13.0. The zero-order chi connectivity index (χ0) is 14.3. The van der Waals surface area contributed by atoms with E-state index in [1.54, 1.807) is 25.3 Å². The van der Waals surface area contributed by atoms with Crippen molar-refractivity contribution in [1.29, 1.82) is 0 Å². The number of hydrogen-bond donors (Lipinski definition) is 0. The molecule has 0 atom stereocenters. The van der Waals surface area contributed by atoms with Crippen LogP contribution in [0, 0.1) is 5.21 Å². The number of fused-ring (bicyclic) bond motifs is 2. The van der Waals surface area contributed by atoms with Gasteiger partial charge >= 0.3 is 0 Å². The molecule has 104 valence electrons. The summed E-state index contributed by atoms with van der Waals surface area (Å²) in [5.74, 6) is 0.734. The van der Waals surface area contributed by atoms with Crippen LogP contribution in [0.4, 0.5) is 5.69 Å². The van der Waals surface area contributed by atoms with Crippen molar-refractivity contribution in [2.45, 2.75) is 19.3 Å². The molecule has 0 aliphatic heterocycles. The minimum atomic E-state index is 0.0662. The van der Waals surface area contributed by atoms with E-state index in [2.05, 4.69) is 4.98 Å². The third-order valence-electron chi connectivity index (χ3n) is 3.68. The molecule has 0 radical (unpaired) electrons. The van der Waals surface area contributed by atoms with Crippen molar-refractivity contribution in [1.82, 2.24) is 4.98 Å². The van der Waals surface area contributed by atoms with Crippen LogP contribution < -0.4 is 9.80 Å². The standard InChI is InChI=1S/C15H15N2O3/c1-17(19)9-6-7-12-11(8-9)15(20-2)10-4-3-5-13(18)14(10)16-12/h6-8H,3-5H2,1-2H3/q-1. The minimum absolute atomic E-state index is 0.0662. The van der Waals surface area contributed by atoms with Gasteiger partial charge in [-0.3, -0.25) is 4.79 Å². The maximum atomic E-state index is 12.0. The zero-order valence-corrected chi connectivity index (χ0v) is 11.5. The number of carbonyl (C=O) groups excluding carboxylic acids is 1. The molecule has 2 aromatic rings. The van der Waals surface area contributed by atoms with Crippen molar-refractivity contribution in [3.63, 3.8) is 0 Å². The first-order valence-electron chi connectivity index (χ1n) is 6.56. The summed E-state index contributed by atoms with van der Waals surface area (Å²) in [6.45, 7) is 0. The van der Waals surface area contributed by atoms with E-state index in [0.29, 0.717) is 29.1 Å². The molecule has 1 aliphatic carbocycles. The summed E-state index contributed by atoms with van der Waals surface area (Å²) in [6.07, 6.45) is 2.14. The van der Waals surface area contributed by atoms with Crippen LogP contribution in [0.5, 0.6) is 5.75 Å². The number of hydroxylamine groups is 1. The molecular formula is C15H15N2O3-. The van der Waals surface area contributed by atoms with Gasteiger partial charge in [0.1, 0.15) is 11.4 Å². The van der Waals surface area contributed by atoms with Crippen LogP contribution in [-0.4, -0.2) is 24.9 Å². The largest absolute Gasteiger partial charge is 0.758 e. The van der Waals surface area contributed by atoms with Gasteiger partial charge in [-0.05, 0) is 38.1 Å². The van der Waals surface area contributed by atoms with E-state index in [4.69, 9.17) is 4.74 Å². The molecule has 0 spiro atoms. The molecule has 0 bridgehead atoms. The average molecular weight is 271 g/mol. The van der Waals surface area contributed by atoms with Crippen LogP contribution in [0.2, 0.25) is 0 Å². The molecule has 0 saturated heterocycles. The fraction of sp³-hybridized carbons (Fsp3) is 0.333. The average Bonchev–Trinajstić information content (AvgIpc) is 2.45. The summed E-state index contributed by atoms with van der Waals surface area (Å²) in [6, 6.07) is 5.21. The van der Waals surface area contributed by atoms with E-state index in [1.807, 2.05) is 0 Å². The van der Waals surface area contributed by atoms with Crippen molar-refractivity contribution in [3.8, 4) is 5.75 Å². The lowest BCUT2D eigenvalue weighted by Gasteiger charge is -2.26. The Bertz CT molecular complexity index is 695. The van der Waals surface area contributed by atoms with Crippen LogP contribution in [0.1, 0.15) is 28.9 Å². The van der Waals surface area contributed by atoms with Gasteiger partial charge in [0.15, 0.2) is 5.78 Å². The first-order valence-corrected chi connectivity index (χ1v) is 6.56. The summed E-state index contributed by atoms with van der Waals surface area (Å²) < 4.78 is 5.50. The van der Waals surface area contributed by atoms with E-state index in [0.717, 1.165) is 28.9 Å². The molecule has 0 fully saturated rings. The Morgan fingerprint density at radius 1 is 1.35 bits per heavy atom. The highest BCUT2D eigenvalue weighted by Gasteiger charge is 2.24. The second-order valence-corrected chi connectivity index (χ2v) is 4.95. The van der Waals surface area contributed by atoms with Gasteiger partial charge in [0.05, 0.1) is 12.6 Å². The quantitative estimate of drug-likeness (QED) is 0.786. The number of ketones is 1. The van der Waals surface area contributed by atoms with Gasteiger partial charge < -0.3 is 15.0 Å². The van der Waals surface area contributed by atoms with Gasteiger partial charge in [-0.25, -0.2) is 4.98 Å². The Hall–Kier alpha value is -2.14. The second kappa shape index (κ2) is 4.76. The number of pyridine rings is 1. The molecule has 1 aliphatic rings. The highest BCUT2D eigenvalue weighted by atomic mass is 16.5. The molecular weight excluding hydrogens is 256 g/mol. The van der Waals surface area contributed by atoms with Gasteiger partial charge in [-0.2, -0.15) is 0 Å². The molecule has 1 heterocycles. The van der Waals surface area contributed by atoms with Crippen molar-refractivity contribution in [3.05, 3.63) is 34.7 Å². The lowest BCUT2D eigenvalue weighted by atomic mass is 9.92.